The van der Waals surface area contributed by atoms with E-state index < -0.39 is 0 Å². The van der Waals surface area contributed by atoms with Crippen LogP contribution in [0.15, 0.2) is 24.3 Å². The maximum absolute atomic E-state index is 9.27. The molecule has 0 saturated carbocycles. The van der Waals surface area contributed by atoms with Crippen LogP contribution < -0.4 is 11.6 Å². The fourth-order valence-electron chi connectivity index (χ4n) is 1.31. The number of phenols is 1. The molecule has 1 aromatic heterocycles. The molecule has 2 aromatic rings. The van der Waals surface area contributed by atoms with Crippen molar-refractivity contribution in [2.45, 2.75) is 6.42 Å². The van der Waals surface area contributed by atoms with Crippen molar-refractivity contribution in [1.29, 1.82) is 0 Å². The maximum Gasteiger partial charge on any atom is 0.240 e. The van der Waals surface area contributed by atoms with Gasteiger partial charge in [-0.15, -0.1) is 10.2 Å². The van der Waals surface area contributed by atoms with E-state index >= 15 is 0 Å². The zero-order valence-corrected chi connectivity index (χ0v) is 7.96. The van der Waals surface area contributed by atoms with E-state index in [-0.39, 0.29) is 11.7 Å². The molecular weight excluding hydrogens is 194 g/mol. The zero-order valence-electron chi connectivity index (χ0n) is 7.96. The van der Waals surface area contributed by atoms with Gasteiger partial charge in [0.15, 0.2) is 5.82 Å². The van der Waals surface area contributed by atoms with Gasteiger partial charge in [0.2, 0.25) is 5.95 Å². The number of hydrogen-bond acceptors (Lipinski definition) is 5. The minimum absolute atomic E-state index is 0.171. The van der Waals surface area contributed by atoms with Gasteiger partial charge in [-0.1, -0.05) is 12.1 Å². The van der Waals surface area contributed by atoms with Crippen LogP contribution >= 0.6 is 0 Å². The zero-order chi connectivity index (χ0) is 10.8. The Morgan fingerprint density at radius 2 is 2.13 bits per heavy atom. The Morgan fingerprint density at radius 1 is 1.33 bits per heavy atom. The number of benzene rings is 1. The summed E-state index contributed by atoms with van der Waals surface area (Å²) in [7, 11) is 0. The standard InChI is InChI=1S/C9H11N5O/c10-9-13-12-8(14(9)11)5-6-2-1-3-7(15)4-6/h1-4,15H,5,11H2,(H2,10,13). The fraction of sp³-hybridized carbons (Fsp3) is 0.111. The first-order valence-electron chi connectivity index (χ1n) is 4.39. The van der Waals surface area contributed by atoms with Gasteiger partial charge in [0.25, 0.3) is 0 Å². The Labute approximate surface area is 86.1 Å². The average molecular weight is 205 g/mol. The van der Waals surface area contributed by atoms with Crippen LogP contribution in [0.2, 0.25) is 0 Å². The highest BCUT2D eigenvalue weighted by molar-refractivity contribution is 5.30. The molecule has 0 saturated heterocycles. The first kappa shape index (κ1) is 9.32. The predicted molar refractivity (Wildman–Crippen MR) is 55.5 cm³/mol. The quantitative estimate of drug-likeness (QED) is 0.592. The highest BCUT2D eigenvalue weighted by Crippen LogP contribution is 2.14. The van der Waals surface area contributed by atoms with Crippen molar-refractivity contribution in [3.63, 3.8) is 0 Å². The molecule has 0 radical (unpaired) electrons. The molecule has 0 bridgehead atoms. The molecule has 15 heavy (non-hydrogen) atoms. The summed E-state index contributed by atoms with van der Waals surface area (Å²) < 4.78 is 1.23. The Kier molecular flexibility index (Phi) is 2.17. The number of rotatable bonds is 2. The second-order valence-corrected chi connectivity index (χ2v) is 3.19. The molecule has 5 N–H and O–H groups in total. The third-order valence-electron chi connectivity index (χ3n) is 2.07. The van der Waals surface area contributed by atoms with Gasteiger partial charge < -0.3 is 16.7 Å². The Balaban J connectivity index is 2.26. The summed E-state index contributed by atoms with van der Waals surface area (Å²) >= 11 is 0. The van der Waals surface area contributed by atoms with Crippen LogP contribution in [0.4, 0.5) is 5.95 Å². The summed E-state index contributed by atoms with van der Waals surface area (Å²) in [6.45, 7) is 0. The van der Waals surface area contributed by atoms with Crippen molar-refractivity contribution >= 4 is 5.95 Å². The number of nitrogen functional groups attached to an aromatic ring is 2. The van der Waals surface area contributed by atoms with E-state index in [0.29, 0.717) is 12.2 Å². The molecule has 2 rings (SSSR count). The molecule has 78 valence electrons. The van der Waals surface area contributed by atoms with Crippen molar-refractivity contribution < 1.29 is 5.11 Å². The summed E-state index contributed by atoms with van der Waals surface area (Å²) in [6, 6.07) is 6.87. The van der Waals surface area contributed by atoms with E-state index in [1.165, 1.54) is 4.68 Å². The molecule has 0 spiro atoms. The summed E-state index contributed by atoms with van der Waals surface area (Å²) in [4.78, 5) is 0. The first-order chi connectivity index (χ1) is 7.16. The van der Waals surface area contributed by atoms with E-state index in [0.717, 1.165) is 5.56 Å². The molecule has 1 aromatic carbocycles. The van der Waals surface area contributed by atoms with Gasteiger partial charge in [-0.2, -0.15) is 0 Å². The molecule has 0 amide bonds. The van der Waals surface area contributed by atoms with E-state index in [1.807, 2.05) is 6.07 Å². The summed E-state index contributed by atoms with van der Waals surface area (Å²) in [5.74, 6) is 6.53. The van der Waals surface area contributed by atoms with Crippen LogP contribution in [0, 0.1) is 0 Å². The van der Waals surface area contributed by atoms with Crippen molar-refractivity contribution in [2.24, 2.45) is 0 Å². The minimum Gasteiger partial charge on any atom is -0.508 e. The molecule has 0 atom stereocenters. The molecule has 6 heteroatoms. The van der Waals surface area contributed by atoms with Crippen LogP contribution in [0.25, 0.3) is 0 Å². The lowest BCUT2D eigenvalue weighted by Crippen LogP contribution is -2.15. The summed E-state index contributed by atoms with van der Waals surface area (Å²) in [5, 5.41) is 16.7. The number of anilines is 1. The van der Waals surface area contributed by atoms with Crippen LogP contribution in [0.3, 0.4) is 0 Å². The summed E-state index contributed by atoms with van der Waals surface area (Å²) in [6.07, 6.45) is 0.481. The average Bonchev–Trinajstić information content (AvgIpc) is 2.50. The topological polar surface area (TPSA) is 103 Å². The van der Waals surface area contributed by atoms with Crippen LogP contribution in [0.5, 0.6) is 5.75 Å². The monoisotopic (exact) mass is 205 g/mol. The molecule has 0 unspecified atom stereocenters. The Hall–Kier alpha value is -2.24. The molecular formula is C9H11N5O. The van der Waals surface area contributed by atoms with Gasteiger partial charge in [-0.3, -0.25) is 0 Å². The maximum atomic E-state index is 9.27. The van der Waals surface area contributed by atoms with E-state index in [1.54, 1.807) is 18.2 Å². The van der Waals surface area contributed by atoms with Gasteiger partial charge in [-0.05, 0) is 17.7 Å². The second kappa shape index (κ2) is 3.49. The number of aromatic nitrogens is 3. The molecule has 0 aliphatic rings. The van der Waals surface area contributed by atoms with Gasteiger partial charge in [0.1, 0.15) is 5.75 Å². The van der Waals surface area contributed by atoms with Crippen molar-refractivity contribution in [1.82, 2.24) is 14.9 Å². The lowest BCUT2D eigenvalue weighted by atomic mass is 10.1. The predicted octanol–water partition coefficient (Wildman–Crippen LogP) is -0.130. The third kappa shape index (κ3) is 1.83. The molecule has 1 heterocycles. The lowest BCUT2D eigenvalue weighted by Gasteiger charge is -2.01. The normalized spacial score (nSPS) is 10.4. The highest BCUT2D eigenvalue weighted by Gasteiger charge is 2.07. The SMILES string of the molecule is Nc1nnc(Cc2cccc(O)c2)n1N. The van der Waals surface area contributed by atoms with Gasteiger partial charge >= 0.3 is 0 Å². The largest absolute Gasteiger partial charge is 0.508 e. The molecule has 0 aliphatic heterocycles. The van der Waals surface area contributed by atoms with Crippen molar-refractivity contribution in [3.05, 3.63) is 35.7 Å². The number of aromatic hydroxyl groups is 1. The molecule has 0 aliphatic carbocycles. The second-order valence-electron chi connectivity index (χ2n) is 3.19. The van der Waals surface area contributed by atoms with Crippen molar-refractivity contribution in [2.75, 3.05) is 11.6 Å². The minimum atomic E-state index is 0.171. The van der Waals surface area contributed by atoms with Crippen LogP contribution in [-0.2, 0) is 6.42 Å². The van der Waals surface area contributed by atoms with Gasteiger partial charge in [0, 0.05) is 6.42 Å². The van der Waals surface area contributed by atoms with Crippen LogP contribution in [-0.4, -0.2) is 20.0 Å². The summed E-state index contributed by atoms with van der Waals surface area (Å²) in [5.41, 5.74) is 6.34. The number of phenolic OH excluding ortho intramolecular Hbond substituents is 1. The number of nitrogens with zero attached hydrogens (tertiary/aromatic N) is 3. The lowest BCUT2D eigenvalue weighted by molar-refractivity contribution is 0.474. The Bertz CT molecular complexity index is 479. The smallest absolute Gasteiger partial charge is 0.240 e. The van der Waals surface area contributed by atoms with E-state index in [9.17, 15) is 5.11 Å². The Morgan fingerprint density at radius 3 is 2.73 bits per heavy atom. The van der Waals surface area contributed by atoms with Gasteiger partial charge in [-0.25, -0.2) is 4.68 Å². The van der Waals surface area contributed by atoms with Crippen molar-refractivity contribution in [3.8, 4) is 5.75 Å². The molecule has 6 nitrogen and oxygen atoms in total. The highest BCUT2D eigenvalue weighted by atomic mass is 16.3. The van der Waals surface area contributed by atoms with Gasteiger partial charge in [0.05, 0.1) is 0 Å². The first-order valence-corrected chi connectivity index (χ1v) is 4.39. The number of hydrogen-bond donors (Lipinski definition) is 3. The number of nitrogens with two attached hydrogens (primary N) is 2. The van der Waals surface area contributed by atoms with E-state index in [4.69, 9.17) is 11.6 Å². The van der Waals surface area contributed by atoms with Crippen LogP contribution in [0.1, 0.15) is 11.4 Å². The van der Waals surface area contributed by atoms with E-state index in [2.05, 4.69) is 10.2 Å². The molecule has 0 fully saturated rings. The fourth-order valence-corrected chi connectivity index (χ4v) is 1.31. The third-order valence-corrected chi connectivity index (χ3v) is 2.07.